The predicted octanol–water partition coefficient (Wildman–Crippen LogP) is 4.56. The summed E-state index contributed by atoms with van der Waals surface area (Å²) in [6.07, 6.45) is 3.95. The summed E-state index contributed by atoms with van der Waals surface area (Å²) in [5.74, 6) is 0. The molecule has 2 aromatic carbocycles. The molecule has 20 heavy (non-hydrogen) atoms. The van der Waals surface area contributed by atoms with Crippen molar-refractivity contribution in [1.29, 1.82) is 0 Å². The van der Waals surface area contributed by atoms with E-state index in [0.717, 1.165) is 16.1 Å². The van der Waals surface area contributed by atoms with Gasteiger partial charge in [0, 0.05) is 16.8 Å². The fraction of sp³-hybridized carbons (Fsp3) is 0.118. The lowest BCUT2D eigenvalue weighted by molar-refractivity contribution is 0.687. The zero-order valence-corrected chi connectivity index (χ0v) is 12.0. The first kappa shape index (κ1) is 12.9. The molecule has 0 saturated carbocycles. The van der Waals surface area contributed by atoms with Crippen LogP contribution in [0, 0.1) is 6.92 Å². The van der Waals surface area contributed by atoms with Crippen molar-refractivity contribution in [1.82, 2.24) is 9.78 Å². The van der Waals surface area contributed by atoms with Crippen molar-refractivity contribution in [2.75, 3.05) is 0 Å². The van der Waals surface area contributed by atoms with Gasteiger partial charge >= 0.3 is 0 Å². The Morgan fingerprint density at radius 1 is 1.05 bits per heavy atom. The molecule has 0 N–H and O–H groups in total. The standard InChI is InChI=1S/C17H15ClN2/c1-13-5-4-7-14(9-13)16-10-19-20(12-16)11-15-6-2-3-8-17(15)18/h2-10,12H,11H2,1H3. The maximum atomic E-state index is 6.18. The summed E-state index contributed by atoms with van der Waals surface area (Å²) in [7, 11) is 0. The van der Waals surface area contributed by atoms with Gasteiger partial charge in [0.1, 0.15) is 0 Å². The molecule has 3 heteroatoms. The molecule has 1 heterocycles. The Labute approximate surface area is 123 Å². The van der Waals surface area contributed by atoms with Crippen molar-refractivity contribution in [2.24, 2.45) is 0 Å². The molecule has 0 amide bonds. The van der Waals surface area contributed by atoms with Crippen molar-refractivity contribution in [2.45, 2.75) is 13.5 Å². The van der Waals surface area contributed by atoms with Crippen LogP contribution in [-0.4, -0.2) is 9.78 Å². The van der Waals surface area contributed by atoms with E-state index >= 15 is 0 Å². The highest BCUT2D eigenvalue weighted by atomic mass is 35.5. The summed E-state index contributed by atoms with van der Waals surface area (Å²) >= 11 is 6.18. The summed E-state index contributed by atoms with van der Waals surface area (Å²) in [6, 6.07) is 16.3. The molecule has 0 radical (unpaired) electrons. The van der Waals surface area contributed by atoms with Crippen LogP contribution in [0.1, 0.15) is 11.1 Å². The summed E-state index contributed by atoms with van der Waals surface area (Å²) in [5, 5.41) is 5.19. The van der Waals surface area contributed by atoms with Crippen molar-refractivity contribution in [3.05, 3.63) is 77.1 Å². The van der Waals surface area contributed by atoms with Gasteiger partial charge in [-0.3, -0.25) is 4.68 Å². The fourth-order valence-electron chi connectivity index (χ4n) is 2.22. The van der Waals surface area contributed by atoms with Gasteiger partial charge in [0.05, 0.1) is 12.7 Å². The molecule has 0 aliphatic rings. The van der Waals surface area contributed by atoms with Crippen LogP contribution < -0.4 is 0 Å². The molecule has 100 valence electrons. The highest BCUT2D eigenvalue weighted by Gasteiger charge is 2.04. The zero-order valence-electron chi connectivity index (χ0n) is 11.3. The Morgan fingerprint density at radius 3 is 2.70 bits per heavy atom. The highest BCUT2D eigenvalue weighted by Crippen LogP contribution is 2.21. The molecular formula is C17H15ClN2. The van der Waals surface area contributed by atoms with Crippen LogP contribution in [-0.2, 0) is 6.54 Å². The van der Waals surface area contributed by atoms with E-state index in [0.29, 0.717) is 6.54 Å². The predicted molar refractivity (Wildman–Crippen MR) is 83.0 cm³/mol. The molecule has 0 spiro atoms. The number of aromatic nitrogens is 2. The van der Waals surface area contributed by atoms with Crippen LogP contribution in [0.25, 0.3) is 11.1 Å². The number of rotatable bonds is 3. The fourth-order valence-corrected chi connectivity index (χ4v) is 2.42. The number of benzene rings is 2. The molecule has 2 nitrogen and oxygen atoms in total. The second-order valence-corrected chi connectivity index (χ2v) is 5.29. The van der Waals surface area contributed by atoms with Gasteiger partial charge in [-0.15, -0.1) is 0 Å². The van der Waals surface area contributed by atoms with E-state index in [1.807, 2.05) is 35.1 Å². The van der Waals surface area contributed by atoms with Crippen LogP contribution in [0.4, 0.5) is 0 Å². The normalized spacial score (nSPS) is 10.7. The van der Waals surface area contributed by atoms with Gasteiger partial charge in [-0.25, -0.2) is 0 Å². The molecule has 0 aliphatic carbocycles. The Kier molecular flexibility index (Phi) is 3.57. The Bertz CT molecular complexity index is 731. The van der Waals surface area contributed by atoms with Crippen molar-refractivity contribution in [3.8, 4) is 11.1 Å². The molecule has 3 rings (SSSR count). The molecule has 0 bridgehead atoms. The van der Waals surface area contributed by atoms with Crippen molar-refractivity contribution < 1.29 is 0 Å². The van der Waals surface area contributed by atoms with E-state index in [1.165, 1.54) is 11.1 Å². The van der Waals surface area contributed by atoms with E-state index in [4.69, 9.17) is 11.6 Å². The van der Waals surface area contributed by atoms with E-state index in [-0.39, 0.29) is 0 Å². The largest absolute Gasteiger partial charge is 0.268 e. The maximum absolute atomic E-state index is 6.18. The quantitative estimate of drug-likeness (QED) is 0.688. The summed E-state index contributed by atoms with van der Waals surface area (Å²) in [4.78, 5) is 0. The Balaban J connectivity index is 1.86. The third-order valence-electron chi connectivity index (χ3n) is 3.27. The van der Waals surface area contributed by atoms with Gasteiger partial charge in [-0.05, 0) is 24.1 Å². The van der Waals surface area contributed by atoms with Gasteiger partial charge in [0.2, 0.25) is 0 Å². The lowest BCUT2D eigenvalue weighted by atomic mass is 10.1. The Morgan fingerprint density at radius 2 is 1.90 bits per heavy atom. The molecule has 0 unspecified atom stereocenters. The molecular weight excluding hydrogens is 268 g/mol. The average Bonchev–Trinajstić information content (AvgIpc) is 2.90. The first-order chi connectivity index (χ1) is 9.72. The minimum Gasteiger partial charge on any atom is -0.268 e. The molecule has 3 aromatic rings. The van der Waals surface area contributed by atoms with Crippen LogP contribution in [0.15, 0.2) is 60.9 Å². The van der Waals surface area contributed by atoms with Gasteiger partial charge < -0.3 is 0 Å². The molecule has 0 aliphatic heterocycles. The molecule has 0 atom stereocenters. The van der Waals surface area contributed by atoms with Crippen LogP contribution in [0.2, 0.25) is 5.02 Å². The maximum Gasteiger partial charge on any atom is 0.0674 e. The van der Waals surface area contributed by atoms with E-state index in [9.17, 15) is 0 Å². The van der Waals surface area contributed by atoms with Crippen LogP contribution in [0.5, 0.6) is 0 Å². The second-order valence-electron chi connectivity index (χ2n) is 4.89. The number of aryl methyl sites for hydroxylation is 1. The van der Waals surface area contributed by atoms with Gasteiger partial charge in [-0.1, -0.05) is 59.6 Å². The lowest BCUT2D eigenvalue weighted by Gasteiger charge is -2.04. The second kappa shape index (κ2) is 5.51. The summed E-state index contributed by atoms with van der Waals surface area (Å²) < 4.78 is 1.92. The van der Waals surface area contributed by atoms with Crippen molar-refractivity contribution >= 4 is 11.6 Å². The average molecular weight is 283 g/mol. The lowest BCUT2D eigenvalue weighted by Crippen LogP contribution is -2.00. The van der Waals surface area contributed by atoms with Gasteiger partial charge in [0.15, 0.2) is 0 Å². The number of halogens is 1. The monoisotopic (exact) mass is 282 g/mol. The van der Waals surface area contributed by atoms with Crippen LogP contribution in [0.3, 0.4) is 0 Å². The number of nitrogens with zero attached hydrogens (tertiary/aromatic N) is 2. The minimum absolute atomic E-state index is 0.686. The molecule has 0 fully saturated rings. The van der Waals surface area contributed by atoms with Gasteiger partial charge in [-0.2, -0.15) is 5.10 Å². The molecule has 0 saturated heterocycles. The molecule has 1 aromatic heterocycles. The first-order valence-electron chi connectivity index (χ1n) is 6.55. The van der Waals surface area contributed by atoms with Crippen molar-refractivity contribution in [3.63, 3.8) is 0 Å². The minimum atomic E-state index is 0.686. The van der Waals surface area contributed by atoms with Gasteiger partial charge in [0.25, 0.3) is 0 Å². The van der Waals surface area contributed by atoms with E-state index < -0.39 is 0 Å². The third kappa shape index (κ3) is 2.75. The summed E-state index contributed by atoms with van der Waals surface area (Å²) in [5.41, 5.74) is 4.64. The van der Waals surface area contributed by atoms with E-state index in [1.54, 1.807) is 0 Å². The van der Waals surface area contributed by atoms with Crippen LogP contribution >= 0.6 is 11.6 Å². The smallest absolute Gasteiger partial charge is 0.0674 e. The zero-order chi connectivity index (χ0) is 13.9. The summed E-state index contributed by atoms with van der Waals surface area (Å²) in [6.45, 7) is 2.78. The SMILES string of the molecule is Cc1cccc(-c2cnn(Cc3ccccc3Cl)c2)c1. The highest BCUT2D eigenvalue weighted by molar-refractivity contribution is 6.31. The van der Waals surface area contributed by atoms with E-state index in [2.05, 4.69) is 42.5 Å². The topological polar surface area (TPSA) is 17.8 Å². The third-order valence-corrected chi connectivity index (χ3v) is 3.64. The Hall–Kier alpha value is -2.06. The first-order valence-corrected chi connectivity index (χ1v) is 6.93. The number of hydrogen-bond donors (Lipinski definition) is 0. The number of hydrogen-bond acceptors (Lipinski definition) is 1.